The number of hydrogen-bond acceptors (Lipinski definition) is 9. The Balaban J connectivity index is 1.77. The Hall–Kier alpha value is -4.22. The summed E-state index contributed by atoms with van der Waals surface area (Å²) in [6.45, 7) is 1.13. The van der Waals surface area contributed by atoms with Crippen molar-refractivity contribution in [3.63, 3.8) is 0 Å². The maximum absolute atomic E-state index is 12.1. The maximum Gasteiger partial charge on any atom is 0.282 e. The molecule has 2 aliphatic heterocycles. The molecule has 0 unspecified atom stereocenters. The van der Waals surface area contributed by atoms with Crippen LogP contribution in [0.4, 0.5) is 11.4 Å². The highest BCUT2D eigenvalue weighted by atomic mass is 16.7. The van der Waals surface area contributed by atoms with E-state index < -0.39 is 22.0 Å². The number of ether oxygens (including phenoxy) is 3. The number of carbonyl (C=O) groups is 1. The van der Waals surface area contributed by atoms with E-state index in [0.29, 0.717) is 0 Å². The fraction of sp³-hybridized carbons (Fsp3) is 0.176. The summed E-state index contributed by atoms with van der Waals surface area (Å²) in [4.78, 5) is 33.5. The molecule has 2 heterocycles. The maximum atomic E-state index is 12.1. The van der Waals surface area contributed by atoms with Crippen molar-refractivity contribution < 1.29 is 28.9 Å². The van der Waals surface area contributed by atoms with Gasteiger partial charge >= 0.3 is 0 Å². The first-order chi connectivity index (χ1) is 13.8. The molecule has 0 N–H and O–H groups in total. The zero-order chi connectivity index (χ0) is 20.7. The van der Waals surface area contributed by atoms with Gasteiger partial charge < -0.3 is 14.2 Å². The first-order valence-corrected chi connectivity index (χ1v) is 8.23. The van der Waals surface area contributed by atoms with E-state index >= 15 is 0 Å². The highest BCUT2D eigenvalue weighted by molar-refractivity contribution is 5.97. The molecule has 0 spiro atoms. The van der Waals surface area contributed by atoms with E-state index in [-0.39, 0.29) is 46.7 Å². The van der Waals surface area contributed by atoms with Crippen molar-refractivity contribution in [2.45, 2.75) is 13.2 Å². The van der Waals surface area contributed by atoms with E-state index in [1.165, 1.54) is 43.3 Å². The lowest BCUT2D eigenvalue weighted by Gasteiger charge is -2.19. The monoisotopic (exact) mass is 400 g/mol. The Kier molecular flexibility index (Phi) is 4.22. The van der Waals surface area contributed by atoms with Gasteiger partial charge in [0.1, 0.15) is 0 Å². The first-order valence-electron chi connectivity index (χ1n) is 8.23. The zero-order valence-electron chi connectivity index (χ0n) is 14.8. The van der Waals surface area contributed by atoms with E-state index in [1.54, 1.807) is 0 Å². The van der Waals surface area contributed by atoms with Gasteiger partial charge in [-0.1, -0.05) is 6.07 Å². The molecule has 0 aromatic heterocycles. The Labute approximate surface area is 162 Å². The van der Waals surface area contributed by atoms with Gasteiger partial charge in [-0.05, 0) is 6.07 Å². The lowest BCUT2D eigenvalue weighted by molar-refractivity contribution is -0.386. The van der Waals surface area contributed by atoms with Crippen molar-refractivity contribution in [2.24, 2.45) is 5.10 Å². The van der Waals surface area contributed by atoms with Crippen LogP contribution in [0.25, 0.3) is 0 Å². The number of fused-ring (bicyclic) bond motifs is 1. The molecule has 0 saturated heterocycles. The Morgan fingerprint density at radius 2 is 1.86 bits per heavy atom. The fourth-order valence-electron chi connectivity index (χ4n) is 2.94. The number of hydrazone groups is 1. The summed E-state index contributed by atoms with van der Waals surface area (Å²) in [7, 11) is 0. The van der Waals surface area contributed by atoms with Crippen molar-refractivity contribution in [3.8, 4) is 11.5 Å². The molecule has 0 fully saturated rings. The van der Waals surface area contributed by atoms with E-state index in [9.17, 15) is 25.0 Å². The molecule has 2 aliphatic rings. The molecule has 1 atom stereocenters. The normalized spacial score (nSPS) is 16.9. The number of non-ortho nitro benzene ring substituents is 1. The zero-order valence-corrected chi connectivity index (χ0v) is 14.8. The fourth-order valence-corrected chi connectivity index (χ4v) is 2.94. The quantitative estimate of drug-likeness (QED) is 0.562. The lowest BCUT2D eigenvalue weighted by atomic mass is 10.1. The molecule has 4 rings (SSSR count). The molecule has 148 valence electrons. The summed E-state index contributed by atoms with van der Waals surface area (Å²) in [5.74, 6) is -0.155. The van der Waals surface area contributed by atoms with Gasteiger partial charge in [0.25, 0.3) is 11.4 Å². The lowest BCUT2D eigenvalue weighted by Crippen LogP contribution is -2.25. The van der Waals surface area contributed by atoms with Crippen molar-refractivity contribution >= 4 is 23.2 Å². The minimum atomic E-state index is -1.25. The van der Waals surface area contributed by atoms with E-state index in [2.05, 4.69) is 5.10 Å². The molecule has 0 bridgehead atoms. The van der Waals surface area contributed by atoms with Gasteiger partial charge in [0.05, 0.1) is 21.5 Å². The van der Waals surface area contributed by atoms with Crippen LogP contribution < -0.4 is 9.47 Å². The first kappa shape index (κ1) is 18.2. The van der Waals surface area contributed by atoms with Gasteiger partial charge in [0.2, 0.25) is 24.8 Å². The van der Waals surface area contributed by atoms with Gasteiger partial charge in [0, 0.05) is 30.7 Å². The summed E-state index contributed by atoms with van der Waals surface area (Å²) < 4.78 is 16.2. The van der Waals surface area contributed by atoms with Crippen LogP contribution in [-0.2, 0) is 9.53 Å². The number of nitrogens with zero attached hydrogens (tertiary/aromatic N) is 4. The van der Waals surface area contributed by atoms with Crippen LogP contribution in [0, 0.1) is 20.2 Å². The summed E-state index contributed by atoms with van der Waals surface area (Å²) in [5, 5.41) is 27.6. The van der Waals surface area contributed by atoms with E-state index in [0.717, 1.165) is 5.01 Å². The van der Waals surface area contributed by atoms with Crippen molar-refractivity contribution in [3.05, 3.63) is 67.8 Å². The van der Waals surface area contributed by atoms with Crippen LogP contribution in [0.3, 0.4) is 0 Å². The molecule has 12 nitrogen and oxygen atoms in total. The number of benzene rings is 2. The van der Waals surface area contributed by atoms with Gasteiger partial charge in [-0.15, -0.1) is 5.10 Å². The molecular formula is C17H12N4O8. The third-order valence-electron chi connectivity index (χ3n) is 4.26. The van der Waals surface area contributed by atoms with Crippen LogP contribution in [0.15, 0.2) is 41.5 Å². The number of hydrogen-bond donors (Lipinski definition) is 0. The third kappa shape index (κ3) is 3.16. The Morgan fingerprint density at radius 3 is 2.52 bits per heavy atom. The summed E-state index contributed by atoms with van der Waals surface area (Å²) in [6.07, 6.45) is -1.25. The average Bonchev–Trinajstić information content (AvgIpc) is 3.33. The molecular weight excluding hydrogens is 388 g/mol. The topological polar surface area (TPSA) is 147 Å². The highest BCUT2D eigenvalue weighted by Gasteiger charge is 2.39. The summed E-state index contributed by atoms with van der Waals surface area (Å²) in [5.41, 5.74) is -0.267. The number of nitro groups is 2. The Bertz CT molecular complexity index is 1080. The standard InChI is InChI=1S/C17H12N4O8/c1-9(22)19-17(12-6-14-15(28-8-27-14)7-13(12)21(25)26)29-16(18-19)10-3-2-4-11(5-10)20(23)24/h2-7,17H,8H2,1H3/t17-/m1/s1. The van der Waals surface area contributed by atoms with Crippen LogP contribution in [-0.4, -0.2) is 33.5 Å². The van der Waals surface area contributed by atoms with E-state index in [1.807, 2.05) is 0 Å². The molecule has 2 aromatic carbocycles. The van der Waals surface area contributed by atoms with Gasteiger partial charge in [-0.2, -0.15) is 5.01 Å². The number of rotatable bonds is 4. The minimum Gasteiger partial charge on any atom is -0.454 e. The van der Waals surface area contributed by atoms with Crippen LogP contribution in [0.1, 0.15) is 24.3 Å². The SMILES string of the molecule is CC(=O)N1N=C(c2cccc([N+](=O)[O-])c2)O[C@@H]1c1cc2c(cc1[N+](=O)[O-])OCO2. The molecule has 12 heteroatoms. The highest BCUT2D eigenvalue weighted by Crippen LogP contribution is 2.43. The average molecular weight is 400 g/mol. The summed E-state index contributed by atoms with van der Waals surface area (Å²) >= 11 is 0. The minimum absolute atomic E-state index is 0.0265. The number of nitro benzene ring substituents is 2. The van der Waals surface area contributed by atoms with Crippen molar-refractivity contribution in [1.82, 2.24) is 5.01 Å². The van der Waals surface area contributed by atoms with E-state index in [4.69, 9.17) is 14.2 Å². The second-order valence-corrected chi connectivity index (χ2v) is 6.07. The van der Waals surface area contributed by atoms with Crippen molar-refractivity contribution in [1.29, 1.82) is 0 Å². The second-order valence-electron chi connectivity index (χ2n) is 6.07. The summed E-state index contributed by atoms with van der Waals surface area (Å²) in [6, 6.07) is 8.02. The van der Waals surface area contributed by atoms with Crippen molar-refractivity contribution in [2.75, 3.05) is 6.79 Å². The molecule has 0 radical (unpaired) electrons. The van der Waals surface area contributed by atoms with Gasteiger partial charge in [-0.25, -0.2) is 0 Å². The molecule has 1 amide bonds. The molecule has 0 saturated carbocycles. The largest absolute Gasteiger partial charge is 0.454 e. The van der Waals surface area contributed by atoms with Crippen LogP contribution >= 0.6 is 0 Å². The molecule has 29 heavy (non-hydrogen) atoms. The second kappa shape index (κ2) is 6.74. The van der Waals surface area contributed by atoms with Gasteiger partial charge in [0.15, 0.2) is 11.5 Å². The number of carbonyl (C=O) groups excluding carboxylic acids is 1. The van der Waals surface area contributed by atoms with Gasteiger partial charge in [-0.3, -0.25) is 25.0 Å². The number of amides is 1. The predicted octanol–water partition coefficient (Wildman–Crippen LogP) is 2.47. The van der Waals surface area contributed by atoms with Crippen LogP contribution in [0.2, 0.25) is 0 Å². The molecule has 0 aliphatic carbocycles. The van der Waals surface area contributed by atoms with Crippen LogP contribution in [0.5, 0.6) is 11.5 Å². The smallest absolute Gasteiger partial charge is 0.282 e. The predicted molar refractivity (Wildman–Crippen MR) is 95.2 cm³/mol. The third-order valence-corrected chi connectivity index (χ3v) is 4.26. The molecule has 2 aromatic rings. The Morgan fingerprint density at radius 1 is 1.14 bits per heavy atom.